The number of rotatable bonds is 8. The van der Waals surface area contributed by atoms with Gasteiger partial charge in [0.1, 0.15) is 15.9 Å². The fraction of sp³-hybridized carbons (Fsp3) is 0.818. The Hall–Kier alpha value is -1.11. The van der Waals surface area contributed by atoms with Gasteiger partial charge in [-0.25, -0.2) is 13.2 Å². The van der Waals surface area contributed by atoms with E-state index in [1.54, 1.807) is 0 Å². The third-order valence-corrected chi connectivity index (χ3v) is 3.29. The first kappa shape index (κ1) is 16.9. The molecule has 6 nitrogen and oxygen atoms in total. The van der Waals surface area contributed by atoms with E-state index in [4.69, 9.17) is 5.11 Å². The van der Waals surface area contributed by atoms with E-state index < -0.39 is 27.8 Å². The van der Waals surface area contributed by atoms with Gasteiger partial charge in [-0.15, -0.1) is 0 Å². The van der Waals surface area contributed by atoms with Gasteiger partial charge >= 0.3 is 5.97 Å². The zero-order valence-electron chi connectivity index (χ0n) is 11.0. The van der Waals surface area contributed by atoms with Crippen molar-refractivity contribution in [1.29, 1.82) is 0 Å². The highest BCUT2D eigenvalue weighted by Gasteiger charge is 2.20. The summed E-state index contributed by atoms with van der Waals surface area (Å²) >= 11 is 0. The molecular formula is C11H21NO5S. The molecule has 0 spiro atoms. The Kier molecular flexibility index (Phi) is 6.90. The largest absolute Gasteiger partial charge is 0.480 e. The Morgan fingerprint density at radius 1 is 1.28 bits per heavy atom. The molecule has 7 heteroatoms. The lowest BCUT2D eigenvalue weighted by molar-refractivity contribution is -0.142. The van der Waals surface area contributed by atoms with Gasteiger partial charge in [-0.3, -0.25) is 4.79 Å². The van der Waals surface area contributed by atoms with Gasteiger partial charge in [-0.2, -0.15) is 0 Å². The molecule has 0 fully saturated rings. The van der Waals surface area contributed by atoms with E-state index in [2.05, 4.69) is 5.32 Å². The third-order valence-electron chi connectivity index (χ3n) is 2.26. The molecule has 0 aromatic carbocycles. The van der Waals surface area contributed by atoms with Crippen molar-refractivity contribution in [3.63, 3.8) is 0 Å². The lowest BCUT2D eigenvalue weighted by Crippen LogP contribution is -2.41. The number of hydrogen-bond acceptors (Lipinski definition) is 4. The summed E-state index contributed by atoms with van der Waals surface area (Å²) in [4.78, 5) is 22.3. The van der Waals surface area contributed by atoms with E-state index in [1.807, 2.05) is 13.8 Å². The molecule has 1 amide bonds. The van der Waals surface area contributed by atoms with Gasteiger partial charge in [0, 0.05) is 12.7 Å². The van der Waals surface area contributed by atoms with Gasteiger partial charge in [-0.05, 0) is 18.8 Å². The molecule has 0 aliphatic rings. The van der Waals surface area contributed by atoms with Gasteiger partial charge in [0.05, 0.1) is 5.75 Å². The topological polar surface area (TPSA) is 101 Å². The fourth-order valence-corrected chi connectivity index (χ4v) is 2.12. The van der Waals surface area contributed by atoms with Crippen LogP contribution in [0, 0.1) is 5.92 Å². The summed E-state index contributed by atoms with van der Waals surface area (Å²) in [6.07, 6.45) is 1.69. The van der Waals surface area contributed by atoms with Gasteiger partial charge in [0.2, 0.25) is 5.91 Å². The summed E-state index contributed by atoms with van der Waals surface area (Å²) in [6.45, 7) is 3.73. The molecule has 0 saturated heterocycles. The van der Waals surface area contributed by atoms with E-state index in [0.717, 1.165) is 6.26 Å². The van der Waals surface area contributed by atoms with Crippen LogP contribution in [-0.2, 0) is 19.4 Å². The van der Waals surface area contributed by atoms with E-state index in [1.165, 1.54) is 0 Å². The second kappa shape index (κ2) is 7.35. The average molecular weight is 279 g/mol. The van der Waals surface area contributed by atoms with Gasteiger partial charge in [-0.1, -0.05) is 13.8 Å². The van der Waals surface area contributed by atoms with Crippen molar-refractivity contribution < 1.29 is 23.1 Å². The highest BCUT2D eigenvalue weighted by atomic mass is 32.2. The van der Waals surface area contributed by atoms with Crippen molar-refractivity contribution in [1.82, 2.24) is 5.32 Å². The van der Waals surface area contributed by atoms with Crippen LogP contribution in [0.4, 0.5) is 0 Å². The van der Waals surface area contributed by atoms with Crippen LogP contribution >= 0.6 is 0 Å². The lowest BCUT2D eigenvalue weighted by Gasteiger charge is -2.16. The number of aliphatic carboxylic acids is 1. The summed E-state index contributed by atoms with van der Waals surface area (Å²) in [6, 6.07) is -0.907. The van der Waals surface area contributed by atoms with Crippen LogP contribution in [-0.4, -0.2) is 43.5 Å². The van der Waals surface area contributed by atoms with Crippen LogP contribution < -0.4 is 5.32 Å². The molecule has 106 valence electrons. The highest BCUT2D eigenvalue weighted by molar-refractivity contribution is 7.90. The summed E-state index contributed by atoms with van der Waals surface area (Å²) in [5, 5.41) is 11.3. The van der Waals surface area contributed by atoms with Crippen LogP contribution in [0.2, 0.25) is 0 Å². The number of carboxylic acid groups (broad SMARTS) is 1. The number of carboxylic acids is 1. The van der Waals surface area contributed by atoms with Gasteiger partial charge < -0.3 is 10.4 Å². The maximum Gasteiger partial charge on any atom is 0.326 e. The van der Waals surface area contributed by atoms with Crippen molar-refractivity contribution in [2.24, 2.45) is 5.92 Å². The quantitative estimate of drug-likeness (QED) is 0.671. The molecule has 0 rings (SSSR count). The van der Waals surface area contributed by atoms with Crippen molar-refractivity contribution >= 4 is 21.7 Å². The summed E-state index contributed by atoms with van der Waals surface area (Å²) in [5.41, 5.74) is 0. The maximum atomic E-state index is 11.5. The molecule has 2 N–H and O–H groups in total. The Balaban J connectivity index is 4.15. The van der Waals surface area contributed by atoms with Crippen LogP contribution in [0.1, 0.15) is 33.1 Å². The molecule has 18 heavy (non-hydrogen) atoms. The standard InChI is InChI=1S/C11H21NO5S/c1-8(2)7-9(11(14)15)12-10(13)5-4-6-18(3,16)17/h8-9H,4-7H2,1-3H3,(H,12,13)(H,14,15)/t9-/m1/s1. The predicted octanol–water partition coefficient (Wildman–Crippen LogP) is 0.427. The molecule has 0 aliphatic carbocycles. The number of hydrogen-bond donors (Lipinski definition) is 2. The predicted molar refractivity (Wildman–Crippen MR) is 68.0 cm³/mol. The third kappa shape index (κ3) is 8.98. The van der Waals surface area contributed by atoms with Gasteiger partial charge in [0.25, 0.3) is 0 Å². The first-order valence-electron chi connectivity index (χ1n) is 5.81. The van der Waals surface area contributed by atoms with Crippen molar-refractivity contribution in [2.45, 2.75) is 39.2 Å². The van der Waals surface area contributed by atoms with Crippen LogP contribution in [0.15, 0.2) is 0 Å². The zero-order chi connectivity index (χ0) is 14.3. The number of carbonyl (C=O) groups is 2. The van der Waals surface area contributed by atoms with Crippen molar-refractivity contribution in [2.75, 3.05) is 12.0 Å². The normalized spacial score (nSPS) is 13.3. The second-order valence-electron chi connectivity index (χ2n) is 4.82. The minimum atomic E-state index is -3.08. The van der Waals surface area contributed by atoms with E-state index in [0.29, 0.717) is 6.42 Å². The molecule has 0 saturated carbocycles. The molecule has 0 bridgehead atoms. The maximum absolute atomic E-state index is 11.5. The first-order valence-corrected chi connectivity index (χ1v) is 7.87. The highest BCUT2D eigenvalue weighted by Crippen LogP contribution is 2.05. The number of amides is 1. The van der Waals surface area contributed by atoms with E-state index in [-0.39, 0.29) is 24.5 Å². The lowest BCUT2D eigenvalue weighted by atomic mass is 10.0. The fourth-order valence-electron chi connectivity index (χ4n) is 1.45. The SMILES string of the molecule is CC(C)C[C@@H](NC(=O)CCCS(C)(=O)=O)C(=O)O. The summed E-state index contributed by atoms with van der Waals surface area (Å²) in [7, 11) is -3.08. The molecule has 0 aromatic rings. The Bertz CT molecular complexity index is 388. The van der Waals surface area contributed by atoms with E-state index >= 15 is 0 Å². The van der Waals surface area contributed by atoms with E-state index in [9.17, 15) is 18.0 Å². The number of sulfone groups is 1. The Labute approximate surface area is 108 Å². The minimum absolute atomic E-state index is 0.0228. The zero-order valence-corrected chi connectivity index (χ0v) is 11.8. The molecular weight excluding hydrogens is 258 g/mol. The smallest absolute Gasteiger partial charge is 0.326 e. The van der Waals surface area contributed by atoms with Crippen LogP contribution in [0.25, 0.3) is 0 Å². The summed E-state index contributed by atoms with van der Waals surface area (Å²) < 4.78 is 21.7. The first-order chi connectivity index (χ1) is 8.11. The van der Waals surface area contributed by atoms with Crippen LogP contribution in [0.5, 0.6) is 0 Å². The summed E-state index contributed by atoms with van der Waals surface area (Å²) in [5.74, 6) is -1.41. The van der Waals surface area contributed by atoms with Crippen molar-refractivity contribution in [3.05, 3.63) is 0 Å². The number of carbonyl (C=O) groups excluding carboxylic acids is 1. The Morgan fingerprint density at radius 3 is 2.22 bits per heavy atom. The monoisotopic (exact) mass is 279 g/mol. The van der Waals surface area contributed by atoms with Crippen LogP contribution in [0.3, 0.4) is 0 Å². The number of nitrogens with one attached hydrogen (secondary N) is 1. The molecule has 0 aliphatic heterocycles. The minimum Gasteiger partial charge on any atom is -0.480 e. The molecule has 0 aromatic heterocycles. The van der Waals surface area contributed by atoms with Crippen molar-refractivity contribution in [3.8, 4) is 0 Å². The molecule has 0 radical (unpaired) electrons. The molecule has 0 unspecified atom stereocenters. The average Bonchev–Trinajstić information content (AvgIpc) is 2.13. The molecule has 0 heterocycles. The second-order valence-corrected chi connectivity index (χ2v) is 7.08. The molecule has 1 atom stereocenters. The Morgan fingerprint density at radius 2 is 1.83 bits per heavy atom. The van der Waals surface area contributed by atoms with Gasteiger partial charge in [0.15, 0.2) is 0 Å².